The normalized spacial score (nSPS) is 21.1. The van der Waals surface area contributed by atoms with E-state index in [1.165, 1.54) is 6.33 Å². The molecule has 190 valence electrons. The summed E-state index contributed by atoms with van der Waals surface area (Å²) >= 11 is 0. The van der Waals surface area contributed by atoms with Crippen LogP contribution in [-0.2, 0) is 0 Å². The number of pyridine rings is 1. The molecule has 2 bridgehead atoms. The Labute approximate surface area is 218 Å². The van der Waals surface area contributed by atoms with E-state index in [0.717, 1.165) is 54.0 Å². The van der Waals surface area contributed by atoms with Gasteiger partial charge in [-0.15, -0.1) is 0 Å². The van der Waals surface area contributed by atoms with Gasteiger partial charge in [0, 0.05) is 65.7 Å². The number of nitrogens with one attached hydrogen (secondary N) is 2. The van der Waals surface area contributed by atoms with Crippen molar-refractivity contribution in [2.45, 2.75) is 30.8 Å². The molecule has 2 aliphatic rings. The quantitative estimate of drug-likeness (QED) is 0.337. The number of benzene rings is 1. The summed E-state index contributed by atoms with van der Waals surface area (Å²) in [5.74, 6) is 0.873. The number of hydrogen-bond acceptors (Lipinski definition) is 8. The van der Waals surface area contributed by atoms with Crippen LogP contribution in [0.5, 0.6) is 0 Å². The van der Waals surface area contributed by atoms with Crippen LogP contribution in [0.3, 0.4) is 0 Å². The smallest absolute Gasteiger partial charge is 0.291 e. The number of aromatic nitrogens is 7. The van der Waals surface area contributed by atoms with E-state index in [4.69, 9.17) is 10.7 Å². The van der Waals surface area contributed by atoms with Gasteiger partial charge in [-0.1, -0.05) is 36.4 Å². The van der Waals surface area contributed by atoms with Crippen LogP contribution < -0.4 is 11.1 Å². The third kappa shape index (κ3) is 3.79. The molecule has 4 aromatic heterocycles. The number of fused-ring (bicyclic) bond motifs is 3. The molecular weight excluding hydrogens is 480 g/mol. The second kappa shape index (κ2) is 9.03. The van der Waals surface area contributed by atoms with E-state index in [0.29, 0.717) is 11.5 Å². The lowest BCUT2D eigenvalue weighted by Crippen LogP contribution is -2.62. The van der Waals surface area contributed by atoms with E-state index in [1.54, 1.807) is 10.7 Å². The highest BCUT2D eigenvalue weighted by Gasteiger charge is 2.42. The van der Waals surface area contributed by atoms with Crippen molar-refractivity contribution < 1.29 is 4.79 Å². The van der Waals surface area contributed by atoms with Crippen LogP contribution in [0.2, 0.25) is 0 Å². The first-order chi connectivity index (χ1) is 18.7. The summed E-state index contributed by atoms with van der Waals surface area (Å²) in [5, 5.41) is 14.5. The number of carbonyl (C=O) groups is 1. The summed E-state index contributed by atoms with van der Waals surface area (Å²) in [6.07, 6.45) is 6.57. The van der Waals surface area contributed by atoms with Crippen molar-refractivity contribution in [3.63, 3.8) is 0 Å². The van der Waals surface area contributed by atoms with E-state index in [2.05, 4.69) is 30.6 Å². The number of piperidine rings is 1. The average Bonchev–Trinajstić information content (AvgIpc) is 3.64. The van der Waals surface area contributed by atoms with Crippen molar-refractivity contribution in [3.05, 3.63) is 78.8 Å². The summed E-state index contributed by atoms with van der Waals surface area (Å²) in [7, 11) is 0. The van der Waals surface area contributed by atoms with Crippen LogP contribution in [0, 0.1) is 0 Å². The minimum absolute atomic E-state index is 0.0310. The van der Waals surface area contributed by atoms with Gasteiger partial charge >= 0.3 is 0 Å². The lowest BCUT2D eigenvalue weighted by atomic mass is 9.81. The number of nitrogens with zero attached hydrogens (tertiary/aromatic N) is 7. The Morgan fingerprint density at radius 3 is 2.50 bits per heavy atom. The zero-order valence-corrected chi connectivity index (χ0v) is 20.5. The van der Waals surface area contributed by atoms with Gasteiger partial charge in [-0.2, -0.15) is 14.7 Å². The zero-order valence-electron chi connectivity index (χ0n) is 20.5. The molecule has 1 aromatic carbocycles. The van der Waals surface area contributed by atoms with Gasteiger partial charge in [-0.25, -0.2) is 9.97 Å². The predicted molar refractivity (Wildman–Crippen MR) is 141 cm³/mol. The lowest BCUT2D eigenvalue weighted by Gasteiger charge is -2.48. The number of aromatic amines is 1. The molecule has 0 unspecified atom stereocenters. The zero-order chi connectivity index (χ0) is 25.6. The Kier molecular flexibility index (Phi) is 5.36. The SMILES string of the molecule is Nc1cc(C2C[C@@H]3CNC[C@@H](C2)N3C(=O)c2ncn[nH]2)nc2c(-c3ccc(-c4ccccc4)nc3)cnn12. The summed E-state index contributed by atoms with van der Waals surface area (Å²) in [6.45, 7) is 1.45. The topological polar surface area (TPSA) is 143 Å². The van der Waals surface area contributed by atoms with Crippen LogP contribution in [0.25, 0.3) is 28.0 Å². The molecule has 0 saturated carbocycles. The number of carbonyl (C=O) groups excluding carboxylic acids is 1. The summed E-state index contributed by atoms with van der Waals surface area (Å²) < 4.78 is 1.68. The van der Waals surface area contributed by atoms with Crippen molar-refractivity contribution in [2.24, 2.45) is 0 Å². The number of anilines is 1. The fourth-order valence-electron chi connectivity index (χ4n) is 5.81. The van der Waals surface area contributed by atoms with Gasteiger partial charge in [-0.3, -0.25) is 14.9 Å². The van der Waals surface area contributed by atoms with Crippen LogP contribution in [0.4, 0.5) is 5.82 Å². The number of nitrogen functional groups attached to an aromatic ring is 1. The van der Waals surface area contributed by atoms with E-state index >= 15 is 0 Å². The minimum Gasteiger partial charge on any atom is -0.384 e. The molecule has 7 rings (SSSR count). The molecule has 5 aromatic rings. The second-order valence-electron chi connectivity index (χ2n) is 9.88. The maximum absolute atomic E-state index is 13.1. The fourth-order valence-corrected chi connectivity index (χ4v) is 5.81. The number of rotatable bonds is 4. The highest BCUT2D eigenvalue weighted by Crippen LogP contribution is 2.38. The number of amides is 1. The maximum Gasteiger partial charge on any atom is 0.291 e. The molecule has 11 heteroatoms. The van der Waals surface area contributed by atoms with Crippen LogP contribution in [0.1, 0.15) is 35.1 Å². The molecule has 0 spiro atoms. The Bertz CT molecular complexity index is 1580. The molecule has 2 atom stereocenters. The first-order valence-corrected chi connectivity index (χ1v) is 12.7. The fraction of sp³-hybridized carbons (Fsp3) is 0.259. The summed E-state index contributed by atoms with van der Waals surface area (Å²) in [6, 6.07) is 16.1. The Hall–Kier alpha value is -4.64. The average molecular weight is 507 g/mol. The first kappa shape index (κ1) is 22.5. The monoisotopic (exact) mass is 506 g/mol. The standard InChI is InChI=1S/C27H26N10O/c28-24-10-23(18-8-19-12-29-13-20(9-18)36(19)27(38)25-31-15-32-35-25)34-26-21(14-33-37(24)26)17-6-7-22(30-11-17)16-4-2-1-3-5-16/h1-7,10-11,14-15,18-20,29H,8-9,12-13,28H2,(H,31,32,35)/t19-,20-/m1/s1. The van der Waals surface area contributed by atoms with Crippen molar-refractivity contribution >= 4 is 17.4 Å². The van der Waals surface area contributed by atoms with Gasteiger partial charge in [0.25, 0.3) is 5.91 Å². The molecule has 6 heterocycles. The van der Waals surface area contributed by atoms with Crippen molar-refractivity contribution in [1.29, 1.82) is 0 Å². The van der Waals surface area contributed by atoms with Gasteiger partial charge < -0.3 is 16.0 Å². The molecule has 0 radical (unpaired) electrons. The number of piperazine rings is 1. The van der Waals surface area contributed by atoms with Gasteiger partial charge in [0.2, 0.25) is 5.82 Å². The molecule has 11 nitrogen and oxygen atoms in total. The van der Waals surface area contributed by atoms with Gasteiger partial charge in [-0.05, 0) is 18.9 Å². The van der Waals surface area contributed by atoms with Crippen LogP contribution in [0.15, 0.2) is 67.3 Å². The second-order valence-corrected chi connectivity index (χ2v) is 9.88. The minimum atomic E-state index is -0.107. The molecule has 2 fully saturated rings. The van der Waals surface area contributed by atoms with Crippen LogP contribution >= 0.6 is 0 Å². The molecule has 2 aliphatic heterocycles. The van der Waals surface area contributed by atoms with E-state index in [9.17, 15) is 4.79 Å². The van der Waals surface area contributed by atoms with Gasteiger partial charge in [0.1, 0.15) is 12.1 Å². The summed E-state index contributed by atoms with van der Waals surface area (Å²) in [4.78, 5) is 28.9. The van der Waals surface area contributed by atoms with Crippen molar-refractivity contribution in [1.82, 2.24) is 45.0 Å². The third-order valence-corrected chi connectivity index (χ3v) is 7.59. The van der Waals surface area contributed by atoms with Gasteiger partial charge in [0.15, 0.2) is 5.65 Å². The molecular formula is C27H26N10O. The third-order valence-electron chi connectivity index (χ3n) is 7.59. The Balaban J connectivity index is 1.20. The van der Waals surface area contributed by atoms with Crippen molar-refractivity contribution in [3.8, 4) is 22.4 Å². The number of H-pyrrole nitrogens is 1. The number of nitrogens with two attached hydrogens (primary N) is 1. The van der Waals surface area contributed by atoms with E-state index in [-0.39, 0.29) is 29.7 Å². The first-order valence-electron chi connectivity index (χ1n) is 12.7. The Morgan fingerprint density at radius 2 is 1.79 bits per heavy atom. The lowest BCUT2D eigenvalue weighted by molar-refractivity contribution is 0.0282. The summed E-state index contributed by atoms with van der Waals surface area (Å²) in [5.41, 5.74) is 11.9. The number of hydrogen-bond donors (Lipinski definition) is 3. The molecule has 0 aliphatic carbocycles. The van der Waals surface area contributed by atoms with Gasteiger partial charge in [0.05, 0.1) is 11.9 Å². The highest BCUT2D eigenvalue weighted by atomic mass is 16.2. The Morgan fingerprint density at radius 1 is 0.974 bits per heavy atom. The predicted octanol–water partition coefficient (Wildman–Crippen LogP) is 2.52. The maximum atomic E-state index is 13.1. The molecule has 4 N–H and O–H groups in total. The highest BCUT2D eigenvalue weighted by molar-refractivity contribution is 5.91. The molecule has 2 saturated heterocycles. The molecule has 1 amide bonds. The van der Waals surface area contributed by atoms with E-state index in [1.807, 2.05) is 59.6 Å². The molecule has 38 heavy (non-hydrogen) atoms. The van der Waals surface area contributed by atoms with Crippen molar-refractivity contribution in [2.75, 3.05) is 18.8 Å². The van der Waals surface area contributed by atoms with Crippen LogP contribution in [-0.4, -0.2) is 70.7 Å². The van der Waals surface area contributed by atoms with E-state index < -0.39 is 0 Å². The largest absolute Gasteiger partial charge is 0.384 e.